The van der Waals surface area contributed by atoms with Crippen molar-refractivity contribution in [3.05, 3.63) is 62.6 Å². The molecule has 0 radical (unpaired) electrons. The maximum atomic E-state index is 11.9. The average Bonchev–Trinajstić information content (AvgIpc) is 2.47. The first-order chi connectivity index (χ1) is 10.5. The molecule has 2 aromatic carbocycles. The number of halogens is 2. The lowest BCUT2D eigenvalue weighted by Crippen LogP contribution is -2.25. The third-order valence-electron chi connectivity index (χ3n) is 3.04. The fraction of sp³-hybridized carbons (Fsp3) is 0.125. The number of rotatable bonds is 3. The van der Waals surface area contributed by atoms with Crippen molar-refractivity contribution >= 4 is 45.5 Å². The van der Waals surface area contributed by atoms with Crippen LogP contribution in [-0.2, 0) is 0 Å². The minimum absolute atomic E-state index is 0.392. The zero-order chi connectivity index (χ0) is 16.1. The van der Waals surface area contributed by atoms with E-state index in [1.54, 1.807) is 6.07 Å². The first-order valence-electron chi connectivity index (χ1n) is 6.58. The minimum atomic E-state index is -0.392. The SMILES string of the molecule is Cc1cccc(C)c1NC(=O)N/N=C/c1ccc(Br)c(Cl)c1. The summed E-state index contributed by atoms with van der Waals surface area (Å²) in [6.45, 7) is 3.88. The van der Waals surface area contributed by atoms with Gasteiger partial charge in [-0.25, -0.2) is 10.2 Å². The molecule has 0 saturated carbocycles. The number of amides is 2. The molecule has 0 aliphatic heterocycles. The largest absolute Gasteiger partial charge is 0.339 e. The monoisotopic (exact) mass is 379 g/mol. The van der Waals surface area contributed by atoms with Gasteiger partial charge < -0.3 is 5.32 Å². The molecule has 4 nitrogen and oxygen atoms in total. The second kappa shape index (κ2) is 7.42. The number of carbonyl (C=O) groups excluding carboxylic acids is 1. The van der Waals surface area contributed by atoms with Gasteiger partial charge in [-0.2, -0.15) is 5.10 Å². The molecule has 114 valence electrons. The first-order valence-corrected chi connectivity index (χ1v) is 7.76. The lowest BCUT2D eigenvalue weighted by molar-refractivity contribution is 0.252. The molecule has 0 aliphatic carbocycles. The van der Waals surface area contributed by atoms with Crippen molar-refractivity contribution in [3.8, 4) is 0 Å². The fourth-order valence-electron chi connectivity index (χ4n) is 1.91. The summed E-state index contributed by atoms with van der Waals surface area (Å²) < 4.78 is 0.812. The Morgan fingerprint density at radius 2 is 1.91 bits per heavy atom. The lowest BCUT2D eigenvalue weighted by atomic mass is 10.1. The Balaban J connectivity index is 1.98. The summed E-state index contributed by atoms with van der Waals surface area (Å²) in [5.41, 5.74) is 6.02. The van der Waals surface area contributed by atoms with Gasteiger partial charge in [-0.3, -0.25) is 0 Å². The third kappa shape index (κ3) is 4.32. The summed E-state index contributed by atoms with van der Waals surface area (Å²) >= 11 is 9.30. The highest BCUT2D eigenvalue weighted by Gasteiger charge is 2.05. The van der Waals surface area contributed by atoms with E-state index in [1.165, 1.54) is 6.21 Å². The van der Waals surface area contributed by atoms with Crippen LogP contribution in [-0.4, -0.2) is 12.2 Å². The number of para-hydroxylation sites is 1. The van der Waals surface area contributed by atoms with E-state index < -0.39 is 6.03 Å². The van der Waals surface area contributed by atoms with Gasteiger partial charge in [0.1, 0.15) is 0 Å². The highest BCUT2D eigenvalue weighted by molar-refractivity contribution is 9.10. The predicted molar refractivity (Wildman–Crippen MR) is 94.8 cm³/mol. The molecule has 0 fully saturated rings. The summed E-state index contributed by atoms with van der Waals surface area (Å²) in [7, 11) is 0. The minimum Gasteiger partial charge on any atom is -0.306 e. The standard InChI is InChI=1S/C16H15BrClN3O/c1-10-4-3-5-11(2)15(10)20-16(22)21-19-9-12-6-7-13(17)14(18)8-12/h3-9H,1-2H3,(H2,20,21,22)/b19-9+. The number of aryl methyl sites for hydroxylation is 2. The highest BCUT2D eigenvalue weighted by Crippen LogP contribution is 2.22. The van der Waals surface area contributed by atoms with Crippen molar-refractivity contribution in [1.82, 2.24) is 5.43 Å². The summed E-state index contributed by atoms with van der Waals surface area (Å²) in [6, 6.07) is 10.8. The molecule has 0 heterocycles. The van der Waals surface area contributed by atoms with Crippen molar-refractivity contribution in [1.29, 1.82) is 0 Å². The van der Waals surface area contributed by atoms with Gasteiger partial charge in [0, 0.05) is 10.2 Å². The number of hydrogen-bond acceptors (Lipinski definition) is 2. The fourth-order valence-corrected chi connectivity index (χ4v) is 2.35. The average molecular weight is 381 g/mol. The molecule has 22 heavy (non-hydrogen) atoms. The second-order valence-corrected chi connectivity index (χ2v) is 6.03. The van der Waals surface area contributed by atoms with Gasteiger partial charge in [0.25, 0.3) is 0 Å². The number of nitrogens with zero attached hydrogens (tertiary/aromatic N) is 1. The van der Waals surface area contributed by atoms with Crippen LogP contribution in [0.25, 0.3) is 0 Å². The Bertz CT molecular complexity index is 711. The molecule has 2 amide bonds. The van der Waals surface area contributed by atoms with E-state index in [1.807, 2.05) is 44.2 Å². The van der Waals surface area contributed by atoms with Gasteiger partial charge in [0.2, 0.25) is 0 Å². The van der Waals surface area contributed by atoms with Gasteiger partial charge >= 0.3 is 6.03 Å². The molecule has 2 N–H and O–H groups in total. The maximum Gasteiger partial charge on any atom is 0.339 e. The molecule has 0 aliphatic rings. The normalized spacial score (nSPS) is 10.7. The van der Waals surface area contributed by atoms with Gasteiger partial charge in [-0.1, -0.05) is 35.9 Å². The van der Waals surface area contributed by atoms with E-state index in [-0.39, 0.29) is 0 Å². The van der Waals surface area contributed by atoms with E-state index in [4.69, 9.17) is 11.6 Å². The van der Waals surface area contributed by atoms with Crippen LogP contribution in [0.1, 0.15) is 16.7 Å². The summed E-state index contributed by atoms with van der Waals surface area (Å²) in [4.78, 5) is 11.9. The van der Waals surface area contributed by atoms with Crippen LogP contribution < -0.4 is 10.7 Å². The van der Waals surface area contributed by atoms with Gasteiger partial charge in [0.05, 0.1) is 11.2 Å². The molecule has 0 atom stereocenters. The summed E-state index contributed by atoms with van der Waals surface area (Å²) in [5.74, 6) is 0. The molecule has 0 bridgehead atoms. The molecule has 0 aromatic heterocycles. The number of carbonyl (C=O) groups is 1. The Labute approximate surface area is 142 Å². The lowest BCUT2D eigenvalue weighted by Gasteiger charge is -2.10. The first kappa shape index (κ1) is 16.5. The van der Waals surface area contributed by atoms with Crippen LogP contribution in [0.3, 0.4) is 0 Å². The Morgan fingerprint density at radius 1 is 1.23 bits per heavy atom. The van der Waals surface area contributed by atoms with E-state index in [9.17, 15) is 4.79 Å². The predicted octanol–water partition coefficient (Wildman–Crippen LogP) is 4.87. The number of urea groups is 1. The van der Waals surface area contributed by atoms with E-state index in [0.717, 1.165) is 26.9 Å². The number of hydrogen-bond donors (Lipinski definition) is 2. The molecular weight excluding hydrogens is 366 g/mol. The Kier molecular flexibility index (Phi) is 5.57. The molecule has 2 aromatic rings. The van der Waals surface area contributed by atoms with Crippen LogP contribution >= 0.6 is 27.5 Å². The van der Waals surface area contributed by atoms with Crippen LogP contribution in [0, 0.1) is 13.8 Å². The van der Waals surface area contributed by atoms with E-state index in [2.05, 4.69) is 31.8 Å². The topological polar surface area (TPSA) is 53.5 Å². The second-order valence-electron chi connectivity index (χ2n) is 4.76. The summed E-state index contributed by atoms with van der Waals surface area (Å²) in [5, 5.41) is 7.28. The number of nitrogens with one attached hydrogen (secondary N) is 2. The quantitative estimate of drug-likeness (QED) is 0.579. The smallest absolute Gasteiger partial charge is 0.306 e. The maximum absolute atomic E-state index is 11.9. The van der Waals surface area contributed by atoms with E-state index >= 15 is 0 Å². The Morgan fingerprint density at radius 3 is 2.55 bits per heavy atom. The van der Waals surface area contributed by atoms with Crippen molar-refractivity contribution in [2.24, 2.45) is 5.10 Å². The van der Waals surface area contributed by atoms with Crippen LogP contribution in [0.15, 0.2) is 46.0 Å². The zero-order valence-corrected chi connectivity index (χ0v) is 14.5. The van der Waals surface area contributed by atoms with Crippen LogP contribution in [0.5, 0.6) is 0 Å². The van der Waals surface area contributed by atoms with Crippen LogP contribution in [0.2, 0.25) is 5.02 Å². The summed E-state index contributed by atoms with van der Waals surface area (Å²) in [6.07, 6.45) is 1.53. The molecule has 0 saturated heterocycles. The van der Waals surface area contributed by atoms with Gasteiger partial charge in [-0.15, -0.1) is 0 Å². The molecule has 0 unspecified atom stereocenters. The molecule has 2 rings (SSSR count). The zero-order valence-electron chi connectivity index (χ0n) is 12.2. The highest BCUT2D eigenvalue weighted by atomic mass is 79.9. The number of hydrazone groups is 1. The molecular formula is C16H15BrClN3O. The molecule has 6 heteroatoms. The van der Waals surface area contributed by atoms with Crippen molar-refractivity contribution in [3.63, 3.8) is 0 Å². The van der Waals surface area contributed by atoms with Gasteiger partial charge in [0.15, 0.2) is 0 Å². The number of benzene rings is 2. The Hall–Kier alpha value is -1.85. The van der Waals surface area contributed by atoms with Gasteiger partial charge in [-0.05, 0) is 58.6 Å². The van der Waals surface area contributed by atoms with E-state index in [0.29, 0.717) is 5.02 Å². The molecule has 0 spiro atoms. The van der Waals surface area contributed by atoms with Crippen molar-refractivity contribution in [2.45, 2.75) is 13.8 Å². The van der Waals surface area contributed by atoms with Crippen molar-refractivity contribution in [2.75, 3.05) is 5.32 Å². The van der Waals surface area contributed by atoms with Crippen LogP contribution in [0.4, 0.5) is 10.5 Å². The number of anilines is 1. The third-order valence-corrected chi connectivity index (χ3v) is 4.28. The van der Waals surface area contributed by atoms with Crippen molar-refractivity contribution < 1.29 is 4.79 Å².